The quantitative estimate of drug-likeness (QED) is 0.257. The third-order valence-electron chi connectivity index (χ3n) is 6.91. The molecule has 3 aliphatic rings. The lowest BCUT2D eigenvalue weighted by Crippen LogP contribution is -2.68. The second-order valence-corrected chi connectivity index (χ2v) is 11.2. The summed E-state index contributed by atoms with van der Waals surface area (Å²) in [6, 6.07) is -0.227. The van der Waals surface area contributed by atoms with E-state index in [1.54, 1.807) is 4.90 Å². The standard InChI is InChI=1S/C20H31BBrF3N2OS/c1-2-3-13(22)8-14(29)6-11-4-5-27-16(11)10-19(26)9-12(20(21,24)25)7-15(23)17(19)18(27)28/h6,12-17,29H,2-5,7-10,21,26H2,1H3/b11-6+/t12?,13?,14?,15-,16?,17?,19+/m1/s1. The van der Waals surface area contributed by atoms with E-state index in [4.69, 9.17) is 18.4 Å². The van der Waals surface area contributed by atoms with Gasteiger partial charge in [-0.2, -0.15) is 12.6 Å². The average Bonchev–Trinajstić information content (AvgIpc) is 2.95. The van der Waals surface area contributed by atoms with Gasteiger partial charge in [-0.15, -0.1) is 0 Å². The minimum Gasteiger partial charge on any atom is -0.335 e. The zero-order valence-corrected chi connectivity index (χ0v) is 19.6. The van der Waals surface area contributed by atoms with Crippen molar-refractivity contribution in [1.82, 2.24) is 4.90 Å². The summed E-state index contributed by atoms with van der Waals surface area (Å²) in [4.78, 5) is 15.2. The summed E-state index contributed by atoms with van der Waals surface area (Å²) in [6.45, 7) is 2.67. The van der Waals surface area contributed by atoms with Gasteiger partial charge in [0.2, 0.25) is 11.7 Å². The van der Waals surface area contributed by atoms with Crippen molar-refractivity contribution in [3.05, 3.63) is 11.6 Å². The molecule has 5 unspecified atom stereocenters. The van der Waals surface area contributed by atoms with Gasteiger partial charge in [-0.25, -0.2) is 13.2 Å². The maximum absolute atomic E-state index is 14.9. The van der Waals surface area contributed by atoms with E-state index in [0.29, 0.717) is 24.2 Å². The van der Waals surface area contributed by atoms with Crippen LogP contribution in [0, 0.1) is 11.8 Å². The second kappa shape index (κ2) is 8.77. The summed E-state index contributed by atoms with van der Waals surface area (Å²) in [6.07, 6.45) is 4.22. The zero-order chi connectivity index (χ0) is 21.6. The summed E-state index contributed by atoms with van der Waals surface area (Å²) < 4.78 is 42.8. The lowest BCUT2D eigenvalue weighted by molar-refractivity contribution is -0.154. The van der Waals surface area contributed by atoms with Crippen molar-refractivity contribution in [2.75, 3.05) is 6.54 Å². The van der Waals surface area contributed by atoms with Crippen LogP contribution >= 0.6 is 28.6 Å². The summed E-state index contributed by atoms with van der Waals surface area (Å²) in [5.41, 5.74) is 6.38. The highest BCUT2D eigenvalue weighted by Gasteiger charge is 2.60. The Labute approximate surface area is 186 Å². The number of carbonyl (C=O) groups excluding carboxylic acids is 1. The molecule has 2 saturated heterocycles. The molecule has 0 aromatic rings. The number of thiol groups is 1. The number of hydrogen-bond acceptors (Lipinski definition) is 3. The van der Waals surface area contributed by atoms with Gasteiger partial charge in [-0.1, -0.05) is 35.4 Å². The first kappa shape index (κ1) is 23.5. The fourth-order valence-corrected chi connectivity index (χ4v) is 7.05. The molecular weight excluding hydrogens is 464 g/mol. The molecule has 2 aliphatic heterocycles. The van der Waals surface area contributed by atoms with Gasteiger partial charge in [0, 0.05) is 28.1 Å². The number of hydrogen-bond donors (Lipinski definition) is 2. The molecule has 1 saturated carbocycles. The Hall–Kier alpha value is -0.145. The summed E-state index contributed by atoms with van der Waals surface area (Å²) >= 11 is 8.37. The van der Waals surface area contributed by atoms with Crippen LogP contribution in [0.4, 0.5) is 13.2 Å². The first-order valence-corrected chi connectivity index (χ1v) is 12.0. The number of alkyl halides is 4. The van der Waals surface area contributed by atoms with Crippen LogP contribution in [-0.4, -0.2) is 58.8 Å². The van der Waals surface area contributed by atoms with Crippen LogP contribution in [0.5, 0.6) is 0 Å². The topological polar surface area (TPSA) is 46.3 Å². The number of rotatable bonds is 6. The lowest BCUT2D eigenvalue weighted by atomic mass is 9.60. The molecule has 3 rings (SSSR count). The van der Waals surface area contributed by atoms with E-state index in [9.17, 15) is 18.0 Å². The summed E-state index contributed by atoms with van der Waals surface area (Å²) in [5.74, 6) is -5.46. The molecule has 1 aliphatic carbocycles. The molecular formula is C20H31BBrF3N2OS. The monoisotopic (exact) mass is 494 g/mol. The third kappa shape index (κ3) is 4.87. The van der Waals surface area contributed by atoms with Gasteiger partial charge in [0.15, 0.2) is 7.85 Å². The van der Waals surface area contributed by atoms with Crippen molar-refractivity contribution >= 4 is 42.3 Å². The Morgan fingerprint density at radius 3 is 2.79 bits per heavy atom. The second-order valence-electron chi connectivity index (χ2n) is 9.25. The molecule has 0 radical (unpaired) electrons. The van der Waals surface area contributed by atoms with Crippen molar-refractivity contribution in [2.45, 2.75) is 85.5 Å². The van der Waals surface area contributed by atoms with Crippen molar-refractivity contribution < 1.29 is 18.0 Å². The number of fused-ring (bicyclic) bond motifs is 2. The molecule has 1 amide bonds. The van der Waals surface area contributed by atoms with Crippen LogP contribution in [0.25, 0.3) is 0 Å². The Morgan fingerprint density at radius 2 is 2.17 bits per heavy atom. The van der Waals surface area contributed by atoms with Gasteiger partial charge in [-0.3, -0.25) is 4.79 Å². The minimum absolute atomic E-state index is 0.0186. The van der Waals surface area contributed by atoms with Crippen molar-refractivity contribution in [3.63, 3.8) is 0 Å². The molecule has 3 fully saturated rings. The van der Waals surface area contributed by atoms with Gasteiger partial charge >= 0.3 is 0 Å². The van der Waals surface area contributed by atoms with Gasteiger partial charge in [0.05, 0.1) is 12.0 Å². The Kier molecular flexibility index (Phi) is 7.11. The van der Waals surface area contributed by atoms with Gasteiger partial charge in [-0.05, 0) is 44.1 Å². The Balaban J connectivity index is 1.80. The van der Waals surface area contributed by atoms with E-state index in [-0.39, 0.29) is 30.0 Å². The zero-order valence-electron chi connectivity index (χ0n) is 17.1. The fourth-order valence-electron chi connectivity index (χ4n) is 5.45. The summed E-state index contributed by atoms with van der Waals surface area (Å²) in [7, 11) is 0.824. The molecule has 3 nitrogen and oxygen atoms in total. The van der Waals surface area contributed by atoms with Gasteiger partial charge in [0.25, 0.3) is 0 Å². The highest BCUT2D eigenvalue weighted by molar-refractivity contribution is 9.09. The van der Waals surface area contributed by atoms with E-state index in [2.05, 4.69) is 28.9 Å². The van der Waals surface area contributed by atoms with E-state index < -0.39 is 29.4 Å². The smallest absolute Gasteiger partial charge is 0.231 e. The number of amides is 1. The Bertz CT molecular complexity index is 664. The lowest BCUT2D eigenvalue weighted by Gasteiger charge is -2.53. The predicted molar refractivity (Wildman–Crippen MR) is 119 cm³/mol. The highest BCUT2D eigenvalue weighted by atomic mass is 79.9. The molecule has 7 atom stereocenters. The molecule has 9 heteroatoms. The maximum Gasteiger partial charge on any atom is 0.231 e. The number of piperidine rings is 1. The first-order valence-electron chi connectivity index (χ1n) is 10.6. The van der Waals surface area contributed by atoms with Crippen molar-refractivity contribution in [1.29, 1.82) is 0 Å². The van der Waals surface area contributed by atoms with Crippen LogP contribution < -0.4 is 5.73 Å². The normalized spacial score (nSPS) is 38.7. The molecule has 29 heavy (non-hydrogen) atoms. The van der Waals surface area contributed by atoms with E-state index in [1.165, 1.54) is 0 Å². The van der Waals surface area contributed by atoms with E-state index in [0.717, 1.165) is 32.7 Å². The summed E-state index contributed by atoms with van der Waals surface area (Å²) in [5, 5.41) is 0.0374. The first-order chi connectivity index (χ1) is 13.5. The molecule has 0 aromatic heterocycles. The van der Waals surface area contributed by atoms with Gasteiger partial charge < -0.3 is 10.6 Å². The van der Waals surface area contributed by atoms with Crippen LogP contribution in [0.3, 0.4) is 0 Å². The van der Waals surface area contributed by atoms with Crippen LogP contribution in [0.15, 0.2) is 11.6 Å². The molecule has 0 spiro atoms. The number of nitrogens with zero attached hydrogens (tertiary/aromatic N) is 1. The van der Waals surface area contributed by atoms with Crippen LogP contribution in [0.1, 0.15) is 51.9 Å². The van der Waals surface area contributed by atoms with Crippen molar-refractivity contribution in [2.24, 2.45) is 17.6 Å². The van der Waals surface area contributed by atoms with Gasteiger partial charge in [0.1, 0.15) is 6.17 Å². The molecule has 2 N–H and O–H groups in total. The maximum atomic E-state index is 14.9. The number of nitrogens with two attached hydrogens (primary N) is 1. The SMILES string of the molecule is BC(F)(F)C1C[C@@H](F)C2C(=O)N3CC/C(=C\C(S)CC(Br)CCC)C3C[C@@]2(N)C1. The fraction of sp³-hybridized carbons (Fsp3) is 0.850. The number of halogens is 4. The molecule has 0 bridgehead atoms. The molecule has 164 valence electrons. The molecule has 0 aromatic carbocycles. The largest absolute Gasteiger partial charge is 0.335 e. The van der Waals surface area contributed by atoms with Crippen LogP contribution in [0.2, 0.25) is 0 Å². The number of carbonyl (C=O) groups is 1. The predicted octanol–water partition coefficient (Wildman–Crippen LogP) is 3.46. The Morgan fingerprint density at radius 1 is 1.48 bits per heavy atom. The van der Waals surface area contributed by atoms with Crippen LogP contribution in [-0.2, 0) is 4.79 Å². The average molecular weight is 495 g/mol. The highest BCUT2D eigenvalue weighted by Crippen LogP contribution is 2.50. The molecule has 2 heterocycles. The van der Waals surface area contributed by atoms with E-state index in [1.807, 2.05) is 0 Å². The van der Waals surface area contributed by atoms with E-state index >= 15 is 0 Å². The van der Waals surface area contributed by atoms with Crippen molar-refractivity contribution in [3.8, 4) is 0 Å². The third-order valence-corrected chi connectivity index (χ3v) is 8.10. The minimum atomic E-state index is -3.00.